The van der Waals surface area contributed by atoms with Crippen LogP contribution in [0.4, 0.5) is 8.78 Å². The number of alkyl halides is 2. The molecule has 1 aliphatic carbocycles. The van der Waals surface area contributed by atoms with Crippen molar-refractivity contribution in [2.75, 3.05) is 0 Å². The molecule has 0 fully saturated rings. The first-order chi connectivity index (χ1) is 7.20. The van der Waals surface area contributed by atoms with Gasteiger partial charge in [-0.15, -0.1) is 0 Å². The van der Waals surface area contributed by atoms with Crippen LogP contribution in [0.5, 0.6) is 0 Å². The molecular formula is C9H10F2INOS. The predicted octanol–water partition coefficient (Wildman–Crippen LogP) is 3.43. The molecule has 1 unspecified atom stereocenters. The van der Waals surface area contributed by atoms with Gasteiger partial charge in [0.1, 0.15) is 0 Å². The standard InChI is InChI=1S/C9H10F2INOS/c10-9(11)14-7-2-1-6-3-4-13(15-12)8(6)5-7/h3-4,7,9H,1-2,5H2. The van der Waals surface area contributed by atoms with Crippen molar-refractivity contribution in [1.29, 1.82) is 0 Å². The van der Waals surface area contributed by atoms with Gasteiger partial charge in [-0.25, -0.2) is 0 Å². The van der Waals surface area contributed by atoms with Gasteiger partial charge in [0, 0.05) is 48.6 Å². The zero-order valence-corrected chi connectivity index (χ0v) is 10.8. The van der Waals surface area contributed by atoms with Crippen molar-refractivity contribution < 1.29 is 13.5 Å². The maximum absolute atomic E-state index is 12.1. The van der Waals surface area contributed by atoms with E-state index in [1.807, 2.05) is 10.2 Å². The molecule has 0 N–H and O–H groups in total. The second-order valence-corrected chi connectivity index (χ2v) is 5.16. The molecule has 1 aliphatic rings. The number of ether oxygens (including phenoxy) is 1. The average Bonchev–Trinajstić information content (AvgIpc) is 2.59. The maximum Gasteiger partial charge on any atom is 0.345 e. The van der Waals surface area contributed by atoms with E-state index < -0.39 is 6.61 Å². The van der Waals surface area contributed by atoms with Crippen molar-refractivity contribution in [2.45, 2.75) is 32.0 Å². The molecule has 2 rings (SSSR count). The number of fused-ring (bicyclic) bond motifs is 1. The van der Waals surface area contributed by atoms with Crippen LogP contribution < -0.4 is 0 Å². The van der Waals surface area contributed by atoms with Crippen molar-refractivity contribution in [3.63, 3.8) is 0 Å². The van der Waals surface area contributed by atoms with Gasteiger partial charge in [0.05, 0.1) is 6.10 Å². The Balaban J connectivity index is 2.10. The summed E-state index contributed by atoms with van der Waals surface area (Å²) in [6.45, 7) is -2.66. The van der Waals surface area contributed by atoms with Gasteiger partial charge in [0.15, 0.2) is 0 Å². The van der Waals surface area contributed by atoms with Crippen molar-refractivity contribution in [3.8, 4) is 0 Å². The minimum atomic E-state index is -2.66. The van der Waals surface area contributed by atoms with Crippen LogP contribution in [0.2, 0.25) is 0 Å². The number of hydrogen-bond acceptors (Lipinski definition) is 2. The Bertz CT molecular complexity index is 331. The fourth-order valence-corrected chi connectivity index (χ4v) is 3.38. The number of aryl methyl sites for hydroxylation is 1. The van der Waals surface area contributed by atoms with Gasteiger partial charge in [0.25, 0.3) is 0 Å². The zero-order chi connectivity index (χ0) is 10.8. The minimum absolute atomic E-state index is 0.338. The lowest BCUT2D eigenvalue weighted by molar-refractivity contribution is -0.164. The molecule has 1 atom stereocenters. The summed E-state index contributed by atoms with van der Waals surface area (Å²) in [7, 11) is 1.55. The molecule has 0 radical (unpaired) electrons. The van der Waals surface area contributed by atoms with E-state index in [4.69, 9.17) is 0 Å². The fourth-order valence-electron chi connectivity index (χ4n) is 1.89. The van der Waals surface area contributed by atoms with Gasteiger partial charge in [-0.3, -0.25) is 3.97 Å². The van der Waals surface area contributed by atoms with Crippen molar-refractivity contribution in [2.24, 2.45) is 0 Å². The molecule has 1 aromatic rings. The summed E-state index contributed by atoms with van der Waals surface area (Å²) in [4.78, 5) is 0. The third kappa shape index (κ3) is 2.65. The summed E-state index contributed by atoms with van der Waals surface area (Å²) >= 11 is 2.18. The molecule has 0 aliphatic heterocycles. The van der Waals surface area contributed by atoms with Gasteiger partial charge in [-0.1, -0.05) is 0 Å². The highest BCUT2D eigenvalue weighted by molar-refractivity contribution is 14.2. The third-order valence-corrected chi connectivity index (χ3v) is 4.34. The molecule has 15 heavy (non-hydrogen) atoms. The summed E-state index contributed by atoms with van der Waals surface area (Å²) in [6.07, 6.45) is 3.74. The number of aromatic nitrogens is 1. The Hall–Kier alpha value is 0.180. The Morgan fingerprint density at radius 2 is 2.40 bits per heavy atom. The van der Waals surface area contributed by atoms with E-state index in [-0.39, 0.29) is 6.10 Å². The zero-order valence-electron chi connectivity index (χ0n) is 7.83. The van der Waals surface area contributed by atoms with Crippen molar-refractivity contribution in [1.82, 2.24) is 3.97 Å². The second-order valence-electron chi connectivity index (χ2n) is 3.44. The first-order valence-corrected chi connectivity index (χ1v) is 7.94. The van der Waals surface area contributed by atoms with E-state index in [1.165, 1.54) is 5.56 Å². The minimum Gasteiger partial charge on any atom is -0.319 e. The summed E-state index contributed by atoms with van der Waals surface area (Å²) in [5.41, 5.74) is 2.37. The number of rotatable bonds is 3. The van der Waals surface area contributed by atoms with Gasteiger partial charge < -0.3 is 4.74 Å². The normalized spacial score (nSPS) is 20.7. The highest BCUT2D eigenvalue weighted by Crippen LogP contribution is 2.29. The molecule has 84 valence electrons. The predicted molar refractivity (Wildman–Crippen MR) is 64.3 cm³/mol. The molecule has 0 saturated heterocycles. The first-order valence-electron chi connectivity index (χ1n) is 4.62. The van der Waals surface area contributed by atoms with Gasteiger partial charge >= 0.3 is 6.61 Å². The van der Waals surface area contributed by atoms with Crippen LogP contribution in [0.25, 0.3) is 0 Å². The Morgan fingerprint density at radius 3 is 3.07 bits per heavy atom. The summed E-state index contributed by atoms with van der Waals surface area (Å²) in [6, 6.07) is 2.06. The Labute approximate surface area is 103 Å². The molecule has 0 saturated carbocycles. The van der Waals surface area contributed by atoms with Crippen LogP contribution in [-0.2, 0) is 17.6 Å². The van der Waals surface area contributed by atoms with E-state index in [1.54, 1.807) is 9.12 Å². The van der Waals surface area contributed by atoms with E-state index in [0.29, 0.717) is 12.8 Å². The smallest absolute Gasteiger partial charge is 0.319 e. The quantitative estimate of drug-likeness (QED) is 0.780. The maximum atomic E-state index is 12.1. The molecule has 2 nitrogen and oxygen atoms in total. The number of halogens is 3. The van der Waals surface area contributed by atoms with E-state index >= 15 is 0 Å². The Morgan fingerprint density at radius 1 is 1.60 bits per heavy atom. The topological polar surface area (TPSA) is 14.2 Å². The van der Waals surface area contributed by atoms with Crippen LogP contribution >= 0.6 is 30.3 Å². The molecule has 0 aromatic carbocycles. The Kier molecular flexibility index (Phi) is 3.89. The summed E-state index contributed by atoms with van der Waals surface area (Å²) < 4.78 is 30.7. The van der Waals surface area contributed by atoms with Crippen molar-refractivity contribution in [3.05, 3.63) is 23.5 Å². The van der Waals surface area contributed by atoms with Gasteiger partial charge in [0.2, 0.25) is 0 Å². The van der Waals surface area contributed by atoms with Gasteiger partial charge in [-0.05, 0) is 24.5 Å². The average molecular weight is 345 g/mol. The lowest BCUT2D eigenvalue weighted by atomic mass is 9.96. The van der Waals surface area contributed by atoms with E-state index in [0.717, 1.165) is 12.1 Å². The number of nitrogens with zero attached hydrogens (tertiary/aromatic N) is 1. The van der Waals surface area contributed by atoms with Crippen LogP contribution in [0.1, 0.15) is 17.7 Å². The van der Waals surface area contributed by atoms with Crippen LogP contribution in [0.15, 0.2) is 12.3 Å². The molecular weight excluding hydrogens is 335 g/mol. The summed E-state index contributed by atoms with van der Waals surface area (Å²) in [5, 5.41) is 0. The van der Waals surface area contributed by atoms with E-state index in [2.05, 4.69) is 32.0 Å². The van der Waals surface area contributed by atoms with Gasteiger partial charge in [-0.2, -0.15) is 8.78 Å². The third-order valence-electron chi connectivity index (χ3n) is 2.57. The van der Waals surface area contributed by atoms with Crippen LogP contribution in [0, 0.1) is 0 Å². The molecule has 0 bridgehead atoms. The van der Waals surface area contributed by atoms with Crippen LogP contribution in [0.3, 0.4) is 0 Å². The highest BCUT2D eigenvalue weighted by Gasteiger charge is 2.24. The molecule has 6 heteroatoms. The monoisotopic (exact) mass is 345 g/mol. The van der Waals surface area contributed by atoms with E-state index in [9.17, 15) is 8.78 Å². The highest BCUT2D eigenvalue weighted by atomic mass is 127. The van der Waals surface area contributed by atoms with Crippen LogP contribution in [-0.4, -0.2) is 16.7 Å². The molecule has 1 aromatic heterocycles. The SMILES string of the molecule is FC(F)OC1CCc2ccn(SI)c2C1. The lowest BCUT2D eigenvalue weighted by Crippen LogP contribution is -2.25. The largest absolute Gasteiger partial charge is 0.345 e. The summed E-state index contributed by atoms with van der Waals surface area (Å²) in [5.74, 6) is 0. The lowest BCUT2D eigenvalue weighted by Gasteiger charge is -2.23. The first kappa shape index (κ1) is 11.7. The molecule has 0 spiro atoms. The second kappa shape index (κ2) is 5.01. The van der Waals surface area contributed by atoms with Crippen molar-refractivity contribution >= 4 is 30.3 Å². The molecule has 1 heterocycles. The fraction of sp³-hybridized carbons (Fsp3) is 0.556. The molecule has 0 amide bonds. The number of hydrogen-bond donors (Lipinski definition) is 0.